The smallest absolute Gasteiger partial charge is 0.156 e. The van der Waals surface area contributed by atoms with Crippen LogP contribution in [-0.2, 0) is 0 Å². The average Bonchev–Trinajstić information content (AvgIpc) is 2.57. The maximum Gasteiger partial charge on any atom is 0.156 e. The second-order valence-electron chi connectivity index (χ2n) is 2.21. The van der Waals surface area contributed by atoms with Gasteiger partial charge in [0.1, 0.15) is 0 Å². The standard InChI is InChI=1S/C7H7N3.C2H6/c1-6-2-3-9-10-5-4-8-7(6)10;1-2/h2-5H,1H3;1-2H3. The average molecular weight is 163 g/mol. The summed E-state index contributed by atoms with van der Waals surface area (Å²) in [6.07, 6.45) is 5.35. The highest BCUT2D eigenvalue weighted by molar-refractivity contribution is 5.44. The van der Waals surface area contributed by atoms with Crippen molar-refractivity contribution >= 4 is 5.65 Å². The van der Waals surface area contributed by atoms with Gasteiger partial charge in [0.2, 0.25) is 0 Å². The minimum Gasteiger partial charge on any atom is -0.235 e. The van der Waals surface area contributed by atoms with E-state index in [0.717, 1.165) is 11.2 Å². The van der Waals surface area contributed by atoms with E-state index < -0.39 is 0 Å². The summed E-state index contributed by atoms with van der Waals surface area (Å²) < 4.78 is 1.76. The third-order valence-electron chi connectivity index (χ3n) is 1.49. The molecule has 0 radical (unpaired) electrons. The summed E-state index contributed by atoms with van der Waals surface area (Å²) >= 11 is 0. The van der Waals surface area contributed by atoms with E-state index in [1.54, 1.807) is 16.9 Å². The summed E-state index contributed by atoms with van der Waals surface area (Å²) in [5, 5.41) is 4.06. The van der Waals surface area contributed by atoms with E-state index in [4.69, 9.17) is 0 Å². The first-order valence-corrected chi connectivity index (χ1v) is 4.13. The lowest BCUT2D eigenvalue weighted by Gasteiger charge is -1.92. The van der Waals surface area contributed by atoms with Gasteiger partial charge in [0.15, 0.2) is 5.65 Å². The molecule has 0 aliphatic carbocycles. The highest BCUT2D eigenvalue weighted by Crippen LogP contribution is 2.02. The highest BCUT2D eigenvalue weighted by atomic mass is 15.2. The van der Waals surface area contributed by atoms with Gasteiger partial charge in [-0.1, -0.05) is 13.8 Å². The molecule has 2 aromatic heterocycles. The van der Waals surface area contributed by atoms with Crippen molar-refractivity contribution in [1.82, 2.24) is 14.6 Å². The number of hydrogen-bond donors (Lipinski definition) is 0. The molecule has 2 heterocycles. The molecule has 0 aliphatic heterocycles. The summed E-state index contributed by atoms with van der Waals surface area (Å²) in [6, 6.07) is 1.95. The van der Waals surface area contributed by atoms with Crippen LogP contribution in [0.2, 0.25) is 0 Å². The van der Waals surface area contributed by atoms with Crippen molar-refractivity contribution in [1.29, 1.82) is 0 Å². The molecule has 0 bridgehead atoms. The Morgan fingerprint density at radius 3 is 2.67 bits per heavy atom. The van der Waals surface area contributed by atoms with Crippen LogP contribution in [0.3, 0.4) is 0 Å². The van der Waals surface area contributed by atoms with Crippen molar-refractivity contribution in [2.75, 3.05) is 0 Å². The Bertz CT molecular complexity index is 351. The highest BCUT2D eigenvalue weighted by Gasteiger charge is 1.94. The molecule has 0 aromatic carbocycles. The largest absolute Gasteiger partial charge is 0.235 e. The first kappa shape index (κ1) is 8.71. The van der Waals surface area contributed by atoms with Crippen LogP contribution >= 0.6 is 0 Å². The van der Waals surface area contributed by atoms with Crippen molar-refractivity contribution in [3.63, 3.8) is 0 Å². The third-order valence-corrected chi connectivity index (χ3v) is 1.49. The van der Waals surface area contributed by atoms with Crippen molar-refractivity contribution in [2.45, 2.75) is 20.8 Å². The molecule has 0 saturated carbocycles. The zero-order chi connectivity index (χ0) is 8.97. The van der Waals surface area contributed by atoms with E-state index >= 15 is 0 Å². The molecule has 0 saturated heterocycles. The van der Waals surface area contributed by atoms with Crippen LogP contribution in [0.1, 0.15) is 19.4 Å². The van der Waals surface area contributed by atoms with Crippen LogP contribution in [0, 0.1) is 6.92 Å². The third kappa shape index (κ3) is 1.44. The van der Waals surface area contributed by atoms with E-state index in [0.29, 0.717) is 0 Å². The zero-order valence-electron chi connectivity index (χ0n) is 7.65. The number of aryl methyl sites for hydroxylation is 1. The number of nitrogens with zero attached hydrogens (tertiary/aromatic N) is 3. The Morgan fingerprint density at radius 2 is 2.00 bits per heavy atom. The van der Waals surface area contributed by atoms with E-state index in [1.165, 1.54) is 0 Å². The minimum atomic E-state index is 0.933. The van der Waals surface area contributed by atoms with Gasteiger partial charge in [-0.25, -0.2) is 9.50 Å². The molecule has 3 heteroatoms. The van der Waals surface area contributed by atoms with Gasteiger partial charge in [-0.2, -0.15) is 5.10 Å². The second-order valence-corrected chi connectivity index (χ2v) is 2.21. The van der Waals surface area contributed by atoms with Crippen LogP contribution in [-0.4, -0.2) is 14.6 Å². The molecule has 0 aliphatic rings. The predicted octanol–water partition coefficient (Wildman–Crippen LogP) is 2.06. The molecule has 3 nitrogen and oxygen atoms in total. The molecule has 0 spiro atoms. The molecule has 0 unspecified atom stereocenters. The van der Waals surface area contributed by atoms with Crippen molar-refractivity contribution in [2.24, 2.45) is 0 Å². The van der Waals surface area contributed by atoms with E-state index in [2.05, 4.69) is 10.1 Å². The molecule has 0 atom stereocenters. The van der Waals surface area contributed by atoms with Crippen molar-refractivity contribution in [3.8, 4) is 0 Å². The summed E-state index contributed by atoms with van der Waals surface area (Å²) in [5.74, 6) is 0. The first-order valence-electron chi connectivity index (χ1n) is 4.13. The molecule has 64 valence electrons. The van der Waals surface area contributed by atoms with Crippen LogP contribution in [0.15, 0.2) is 24.7 Å². The Hall–Kier alpha value is -1.38. The Balaban J connectivity index is 0.000000336. The summed E-state index contributed by atoms with van der Waals surface area (Å²) in [4.78, 5) is 4.12. The molecular weight excluding hydrogens is 150 g/mol. The predicted molar refractivity (Wildman–Crippen MR) is 49.1 cm³/mol. The Morgan fingerprint density at radius 1 is 1.25 bits per heavy atom. The molecular formula is C9H13N3. The summed E-state index contributed by atoms with van der Waals surface area (Å²) in [5.41, 5.74) is 2.09. The quantitative estimate of drug-likeness (QED) is 0.595. The maximum absolute atomic E-state index is 4.12. The lowest BCUT2D eigenvalue weighted by molar-refractivity contribution is 0.928. The molecule has 0 amide bonds. The molecule has 12 heavy (non-hydrogen) atoms. The fourth-order valence-corrected chi connectivity index (χ4v) is 0.964. The number of rotatable bonds is 0. The van der Waals surface area contributed by atoms with Gasteiger partial charge in [0, 0.05) is 18.6 Å². The summed E-state index contributed by atoms with van der Waals surface area (Å²) in [7, 11) is 0. The number of aromatic nitrogens is 3. The van der Waals surface area contributed by atoms with Gasteiger partial charge in [-0.3, -0.25) is 0 Å². The van der Waals surface area contributed by atoms with Crippen LogP contribution in [0.5, 0.6) is 0 Å². The van der Waals surface area contributed by atoms with Crippen LogP contribution in [0.25, 0.3) is 5.65 Å². The second kappa shape index (κ2) is 3.85. The molecule has 0 fully saturated rings. The van der Waals surface area contributed by atoms with Gasteiger partial charge in [0.05, 0.1) is 0 Å². The number of hydrogen-bond acceptors (Lipinski definition) is 2. The van der Waals surface area contributed by atoms with E-state index in [9.17, 15) is 0 Å². The lowest BCUT2D eigenvalue weighted by atomic mass is 10.3. The minimum absolute atomic E-state index is 0.933. The van der Waals surface area contributed by atoms with Crippen LogP contribution in [0.4, 0.5) is 0 Å². The molecule has 2 rings (SSSR count). The van der Waals surface area contributed by atoms with Crippen molar-refractivity contribution in [3.05, 3.63) is 30.2 Å². The van der Waals surface area contributed by atoms with Gasteiger partial charge in [0.25, 0.3) is 0 Å². The lowest BCUT2D eigenvalue weighted by Crippen LogP contribution is -1.90. The van der Waals surface area contributed by atoms with Crippen LogP contribution < -0.4 is 0 Å². The monoisotopic (exact) mass is 163 g/mol. The Labute approximate surface area is 72.1 Å². The number of imidazole rings is 1. The summed E-state index contributed by atoms with van der Waals surface area (Å²) in [6.45, 7) is 6.02. The SMILES string of the molecule is CC.Cc1ccnn2ccnc12. The van der Waals surface area contributed by atoms with Gasteiger partial charge < -0.3 is 0 Å². The topological polar surface area (TPSA) is 30.2 Å². The van der Waals surface area contributed by atoms with Gasteiger partial charge >= 0.3 is 0 Å². The zero-order valence-corrected chi connectivity index (χ0v) is 7.65. The van der Waals surface area contributed by atoms with Gasteiger partial charge in [-0.05, 0) is 18.6 Å². The van der Waals surface area contributed by atoms with Gasteiger partial charge in [-0.15, -0.1) is 0 Å². The van der Waals surface area contributed by atoms with E-state index in [-0.39, 0.29) is 0 Å². The number of fused-ring (bicyclic) bond motifs is 1. The first-order chi connectivity index (χ1) is 5.88. The van der Waals surface area contributed by atoms with E-state index in [1.807, 2.05) is 33.0 Å². The fourth-order valence-electron chi connectivity index (χ4n) is 0.964. The molecule has 2 aromatic rings. The normalized spacial score (nSPS) is 9.25. The van der Waals surface area contributed by atoms with Crippen molar-refractivity contribution < 1.29 is 0 Å². The maximum atomic E-state index is 4.12. The molecule has 0 N–H and O–H groups in total. The Kier molecular flexibility index (Phi) is 2.80. The fraction of sp³-hybridized carbons (Fsp3) is 0.333.